The summed E-state index contributed by atoms with van der Waals surface area (Å²) in [5, 5.41) is 0. The molecule has 120 valence electrons. The maximum absolute atomic E-state index is 6.07. The Balaban J connectivity index is 1.30. The zero-order valence-corrected chi connectivity index (χ0v) is 13.2. The number of ether oxygens (including phenoxy) is 2. The van der Waals surface area contributed by atoms with Gasteiger partial charge in [0.05, 0.1) is 0 Å². The van der Waals surface area contributed by atoms with Crippen LogP contribution in [0.3, 0.4) is 0 Å². The SMILES string of the molecule is c1ccc(N2CCN(C[C@H]3COc4ccccc4O3)CC2)cc1. The third-order valence-electron chi connectivity index (χ3n) is 4.52. The van der Waals surface area contributed by atoms with E-state index in [1.165, 1.54) is 5.69 Å². The highest BCUT2D eigenvalue weighted by molar-refractivity contribution is 5.46. The van der Waals surface area contributed by atoms with Crippen LogP contribution in [0, 0.1) is 0 Å². The molecule has 2 aromatic rings. The summed E-state index contributed by atoms with van der Waals surface area (Å²) in [7, 11) is 0. The van der Waals surface area contributed by atoms with E-state index in [4.69, 9.17) is 9.47 Å². The Labute approximate surface area is 137 Å². The van der Waals surface area contributed by atoms with E-state index >= 15 is 0 Å². The number of fused-ring (bicyclic) bond motifs is 1. The standard InChI is InChI=1S/C19H22N2O2/c1-2-6-16(7-3-1)21-12-10-20(11-13-21)14-17-15-22-18-8-4-5-9-19(18)23-17/h1-9,17H,10-15H2/t17-/m0/s1. The van der Waals surface area contributed by atoms with Gasteiger partial charge < -0.3 is 14.4 Å². The Morgan fingerprint density at radius 2 is 1.52 bits per heavy atom. The van der Waals surface area contributed by atoms with E-state index < -0.39 is 0 Å². The molecule has 0 radical (unpaired) electrons. The van der Waals surface area contributed by atoms with Gasteiger partial charge in [-0.05, 0) is 24.3 Å². The molecule has 0 unspecified atom stereocenters. The third kappa shape index (κ3) is 3.27. The minimum Gasteiger partial charge on any atom is -0.486 e. The Morgan fingerprint density at radius 1 is 0.826 bits per heavy atom. The molecular weight excluding hydrogens is 288 g/mol. The van der Waals surface area contributed by atoms with E-state index in [1.807, 2.05) is 24.3 Å². The van der Waals surface area contributed by atoms with Crippen molar-refractivity contribution in [3.05, 3.63) is 54.6 Å². The summed E-state index contributed by atoms with van der Waals surface area (Å²) in [6.45, 7) is 5.82. The van der Waals surface area contributed by atoms with Gasteiger partial charge in [0.1, 0.15) is 12.7 Å². The van der Waals surface area contributed by atoms with E-state index in [1.54, 1.807) is 0 Å². The summed E-state index contributed by atoms with van der Waals surface area (Å²) >= 11 is 0. The number of anilines is 1. The number of hydrogen-bond acceptors (Lipinski definition) is 4. The molecule has 1 fully saturated rings. The first-order valence-corrected chi connectivity index (χ1v) is 8.29. The summed E-state index contributed by atoms with van der Waals surface area (Å²) in [6, 6.07) is 18.6. The molecule has 0 bridgehead atoms. The van der Waals surface area contributed by atoms with Crippen LogP contribution in [0.15, 0.2) is 54.6 Å². The summed E-state index contributed by atoms with van der Waals surface area (Å²) in [5.41, 5.74) is 1.32. The smallest absolute Gasteiger partial charge is 0.161 e. The molecule has 4 heteroatoms. The lowest BCUT2D eigenvalue weighted by atomic mass is 10.2. The van der Waals surface area contributed by atoms with Gasteiger partial charge in [-0.15, -0.1) is 0 Å². The van der Waals surface area contributed by atoms with E-state index in [2.05, 4.69) is 40.1 Å². The lowest BCUT2D eigenvalue weighted by Crippen LogP contribution is -2.50. The second kappa shape index (κ2) is 6.50. The van der Waals surface area contributed by atoms with Gasteiger partial charge in [0.2, 0.25) is 0 Å². The summed E-state index contributed by atoms with van der Waals surface area (Å²) in [6.07, 6.45) is 0.119. The van der Waals surface area contributed by atoms with Gasteiger partial charge in [-0.25, -0.2) is 0 Å². The molecule has 23 heavy (non-hydrogen) atoms. The van der Waals surface area contributed by atoms with Crippen molar-refractivity contribution in [1.82, 2.24) is 4.90 Å². The van der Waals surface area contributed by atoms with Crippen molar-refractivity contribution >= 4 is 5.69 Å². The average Bonchev–Trinajstić information content (AvgIpc) is 2.63. The van der Waals surface area contributed by atoms with Gasteiger partial charge in [-0.3, -0.25) is 4.90 Å². The lowest BCUT2D eigenvalue weighted by Gasteiger charge is -2.38. The molecule has 0 aliphatic carbocycles. The zero-order valence-electron chi connectivity index (χ0n) is 13.2. The Hall–Kier alpha value is -2.20. The minimum atomic E-state index is 0.119. The minimum absolute atomic E-state index is 0.119. The molecule has 0 aromatic heterocycles. The number of nitrogens with zero attached hydrogens (tertiary/aromatic N) is 2. The quantitative estimate of drug-likeness (QED) is 0.870. The number of rotatable bonds is 3. The zero-order chi connectivity index (χ0) is 15.5. The van der Waals surface area contributed by atoms with Crippen LogP contribution >= 0.6 is 0 Å². The topological polar surface area (TPSA) is 24.9 Å². The van der Waals surface area contributed by atoms with Crippen molar-refractivity contribution in [1.29, 1.82) is 0 Å². The molecule has 4 rings (SSSR count). The second-order valence-electron chi connectivity index (χ2n) is 6.12. The lowest BCUT2D eigenvalue weighted by molar-refractivity contribution is 0.0571. The van der Waals surface area contributed by atoms with Crippen LogP contribution in [0.5, 0.6) is 11.5 Å². The van der Waals surface area contributed by atoms with Gasteiger partial charge in [0, 0.05) is 38.4 Å². The fourth-order valence-corrected chi connectivity index (χ4v) is 3.27. The predicted octanol–water partition coefficient (Wildman–Crippen LogP) is 2.65. The number of piperazine rings is 1. The maximum atomic E-state index is 6.07. The van der Waals surface area contributed by atoms with Crippen LogP contribution in [0.25, 0.3) is 0 Å². The Kier molecular flexibility index (Phi) is 4.07. The molecule has 2 aliphatic heterocycles. The fourth-order valence-electron chi connectivity index (χ4n) is 3.27. The average molecular weight is 310 g/mol. The van der Waals surface area contributed by atoms with Gasteiger partial charge in [-0.1, -0.05) is 30.3 Å². The highest BCUT2D eigenvalue weighted by Gasteiger charge is 2.25. The van der Waals surface area contributed by atoms with Crippen LogP contribution in [-0.4, -0.2) is 50.3 Å². The van der Waals surface area contributed by atoms with Crippen LogP contribution in [-0.2, 0) is 0 Å². The van der Waals surface area contributed by atoms with Crippen molar-refractivity contribution in [2.75, 3.05) is 44.2 Å². The van der Waals surface area contributed by atoms with Crippen molar-refractivity contribution in [2.45, 2.75) is 6.10 Å². The largest absolute Gasteiger partial charge is 0.486 e. The molecule has 0 saturated carbocycles. The van der Waals surface area contributed by atoms with E-state index in [9.17, 15) is 0 Å². The van der Waals surface area contributed by atoms with Crippen LogP contribution in [0.2, 0.25) is 0 Å². The molecule has 0 spiro atoms. The van der Waals surface area contributed by atoms with Gasteiger partial charge >= 0.3 is 0 Å². The monoisotopic (exact) mass is 310 g/mol. The summed E-state index contributed by atoms with van der Waals surface area (Å²) in [4.78, 5) is 4.92. The summed E-state index contributed by atoms with van der Waals surface area (Å²) in [5.74, 6) is 1.73. The number of hydrogen-bond donors (Lipinski definition) is 0. The highest BCUT2D eigenvalue weighted by Crippen LogP contribution is 2.31. The van der Waals surface area contributed by atoms with Gasteiger partial charge in [0.25, 0.3) is 0 Å². The van der Waals surface area contributed by atoms with Gasteiger partial charge in [0.15, 0.2) is 11.5 Å². The van der Waals surface area contributed by atoms with Crippen molar-refractivity contribution in [3.8, 4) is 11.5 Å². The number of para-hydroxylation sites is 3. The first-order chi connectivity index (χ1) is 11.4. The molecule has 0 N–H and O–H groups in total. The molecule has 1 saturated heterocycles. The second-order valence-corrected chi connectivity index (χ2v) is 6.12. The van der Waals surface area contributed by atoms with Crippen LogP contribution in [0.4, 0.5) is 5.69 Å². The normalized spacial score (nSPS) is 21.2. The van der Waals surface area contributed by atoms with E-state index in [-0.39, 0.29) is 6.10 Å². The molecule has 4 nitrogen and oxygen atoms in total. The Bertz CT molecular complexity index is 639. The van der Waals surface area contributed by atoms with Gasteiger partial charge in [-0.2, -0.15) is 0 Å². The van der Waals surface area contributed by atoms with Crippen molar-refractivity contribution in [2.24, 2.45) is 0 Å². The maximum Gasteiger partial charge on any atom is 0.161 e. The highest BCUT2D eigenvalue weighted by atomic mass is 16.6. The molecule has 0 amide bonds. The first-order valence-electron chi connectivity index (χ1n) is 8.29. The fraction of sp³-hybridized carbons (Fsp3) is 0.368. The third-order valence-corrected chi connectivity index (χ3v) is 4.52. The Morgan fingerprint density at radius 3 is 2.30 bits per heavy atom. The molecule has 2 aliphatic rings. The van der Waals surface area contributed by atoms with Crippen LogP contribution < -0.4 is 14.4 Å². The molecule has 2 heterocycles. The first kappa shape index (κ1) is 14.4. The molecular formula is C19H22N2O2. The predicted molar refractivity (Wildman–Crippen MR) is 91.4 cm³/mol. The van der Waals surface area contributed by atoms with Crippen molar-refractivity contribution < 1.29 is 9.47 Å². The van der Waals surface area contributed by atoms with Crippen LogP contribution in [0.1, 0.15) is 0 Å². The van der Waals surface area contributed by atoms with E-state index in [0.29, 0.717) is 6.61 Å². The number of benzene rings is 2. The summed E-state index contributed by atoms with van der Waals surface area (Å²) < 4.78 is 11.9. The molecule has 2 aromatic carbocycles. The molecule has 1 atom stereocenters. The van der Waals surface area contributed by atoms with E-state index in [0.717, 1.165) is 44.2 Å². The van der Waals surface area contributed by atoms with Crippen molar-refractivity contribution in [3.63, 3.8) is 0 Å².